The van der Waals surface area contributed by atoms with E-state index in [1.165, 1.54) is 19.4 Å². The molecule has 14 heteroatoms. The number of nitrogens with two attached hydrogens (primary N) is 1. The van der Waals surface area contributed by atoms with Gasteiger partial charge in [-0.2, -0.15) is 0 Å². The normalized spacial score (nSPS) is 14.5. The molecule has 14 nitrogen and oxygen atoms in total. The summed E-state index contributed by atoms with van der Waals surface area (Å²) >= 11 is 0. The monoisotopic (exact) mass is 442 g/mol. The predicted octanol–water partition coefficient (Wildman–Crippen LogP) is -3.30. The highest BCUT2D eigenvalue weighted by Crippen LogP contribution is 2.00. The number of H-pyrrole nitrogens is 1. The van der Waals surface area contributed by atoms with E-state index in [1.807, 2.05) is 0 Å². The highest BCUT2D eigenvalue weighted by atomic mass is 16.4. The summed E-state index contributed by atoms with van der Waals surface area (Å²) in [5.74, 6) is -5.01. The molecule has 0 radical (unpaired) electrons. The maximum absolute atomic E-state index is 12.3. The number of carboxylic acid groups (broad SMARTS) is 2. The average molecular weight is 442 g/mol. The molecule has 0 aliphatic carbocycles. The van der Waals surface area contributed by atoms with Crippen molar-refractivity contribution >= 4 is 29.7 Å². The van der Waals surface area contributed by atoms with Gasteiger partial charge in [0.1, 0.15) is 18.1 Å². The van der Waals surface area contributed by atoms with Crippen molar-refractivity contribution in [3.63, 3.8) is 0 Å². The van der Waals surface area contributed by atoms with E-state index >= 15 is 0 Å². The van der Waals surface area contributed by atoms with Gasteiger partial charge >= 0.3 is 11.9 Å². The van der Waals surface area contributed by atoms with Crippen LogP contribution in [0, 0.1) is 0 Å². The first-order valence-electron chi connectivity index (χ1n) is 9.24. The Morgan fingerprint density at radius 3 is 2.23 bits per heavy atom. The van der Waals surface area contributed by atoms with Gasteiger partial charge in [0.05, 0.1) is 19.0 Å². The van der Waals surface area contributed by atoms with Crippen LogP contribution in [-0.2, 0) is 30.4 Å². The zero-order valence-electron chi connectivity index (χ0n) is 16.7. The Morgan fingerprint density at radius 2 is 1.71 bits per heavy atom. The fourth-order valence-electron chi connectivity index (χ4n) is 2.38. The molecular weight excluding hydrogens is 416 g/mol. The lowest BCUT2D eigenvalue weighted by atomic mass is 10.1. The van der Waals surface area contributed by atoms with Crippen LogP contribution in [0.2, 0.25) is 0 Å². The maximum Gasteiger partial charge on any atom is 0.326 e. The van der Waals surface area contributed by atoms with Crippen LogP contribution in [0.3, 0.4) is 0 Å². The minimum Gasteiger partial charge on any atom is -0.481 e. The van der Waals surface area contributed by atoms with Crippen molar-refractivity contribution in [3.8, 4) is 0 Å². The van der Waals surface area contributed by atoms with Gasteiger partial charge in [0.25, 0.3) is 0 Å². The molecule has 1 heterocycles. The van der Waals surface area contributed by atoms with Crippen molar-refractivity contribution in [3.05, 3.63) is 18.2 Å². The molecule has 172 valence electrons. The Hall–Kier alpha value is -3.52. The highest BCUT2D eigenvalue weighted by Gasteiger charge is 2.28. The standard InChI is InChI=1S/C17H26N6O8/c1-8(14(27)22-11(17(30)31)4-9-5-19-7-20-9)21-16(29)12(6-24)23-15(28)10(18)2-3-13(25)26/h5,7-8,10-12,24H,2-4,6,18H2,1H3,(H,19,20)(H,21,29)(H,22,27)(H,23,28)(H,25,26)(H,30,31). The molecule has 0 aliphatic rings. The predicted molar refractivity (Wildman–Crippen MR) is 103 cm³/mol. The van der Waals surface area contributed by atoms with E-state index in [4.69, 9.17) is 10.8 Å². The number of nitrogens with zero attached hydrogens (tertiary/aromatic N) is 1. The largest absolute Gasteiger partial charge is 0.481 e. The maximum atomic E-state index is 12.3. The zero-order chi connectivity index (χ0) is 23.6. The summed E-state index contributed by atoms with van der Waals surface area (Å²) in [5.41, 5.74) is 6.02. The van der Waals surface area contributed by atoms with Gasteiger partial charge in [-0.25, -0.2) is 9.78 Å². The van der Waals surface area contributed by atoms with Gasteiger partial charge in [0, 0.05) is 24.7 Å². The second-order valence-corrected chi connectivity index (χ2v) is 6.69. The minimum atomic E-state index is -1.45. The summed E-state index contributed by atoms with van der Waals surface area (Å²) < 4.78 is 0. The number of imidazole rings is 1. The molecule has 31 heavy (non-hydrogen) atoms. The third-order valence-electron chi connectivity index (χ3n) is 4.17. The number of aliphatic carboxylic acids is 2. The molecule has 0 bridgehead atoms. The first kappa shape index (κ1) is 25.5. The molecule has 0 fully saturated rings. The summed E-state index contributed by atoms with van der Waals surface area (Å²) in [5, 5.41) is 33.9. The lowest BCUT2D eigenvalue weighted by Crippen LogP contribution is -2.57. The lowest BCUT2D eigenvalue weighted by molar-refractivity contribution is -0.142. The van der Waals surface area contributed by atoms with Gasteiger partial charge < -0.3 is 42.0 Å². The van der Waals surface area contributed by atoms with Crippen molar-refractivity contribution in [1.29, 1.82) is 0 Å². The van der Waals surface area contributed by atoms with Crippen LogP contribution in [-0.4, -0.2) is 85.7 Å². The number of aliphatic hydroxyl groups excluding tert-OH is 1. The lowest BCUT2D eigenvalue weighted by Gasteiger charge is -2.22. The molecular formula is C17H26N6O8. The van der Waals surface area contributed by atoms with Crippen LogP contribution in [0.25, 0.3) is 0 Å². The van der Waals surface area contributed by atoms with Crippen LogP contribution in [0.4, 0.5) is 0 Å². The number of rotatable bonds is 13. The molecule has 4 atom stereocenters. The van der Waals surface area contributed by atoms with Gasteiger partial charge in [0.15, 0.2) is 0 Å². The number of nitrogens with one attached hydrogen (secondary N) is 4. The van der Waals surface area contributed by atoms with Crippen molar-refractivity contribution in [1.82, 2.24) is 25.9 Å². The SMILES string of the molecule is CC(NC(=O)C(CO)NC(=O)C(N)CCC(=O)O)C(=O)NC(Cc1cnc[nH]1)C(=O)O. The number of carboxylic acids is 2. The molecule has 3 amide bonds. The number of carbonyl (C=O) groups excluding carboxylic acids is 3. The summed E-state index contributed by atoms with van der Waals surface area (Å²) in [6.07, 6.45) is 2.17. The fourth-order valence-corrected chi connectivity index (χ4v) is 2.38. The summed E-state index contributed by atoms with van der Waals surface area (Å²) in [4.78, 5) is 64.9. The van der Waals surface area contributed by atoms with Crippen molar-refractivity contribution in [2.24, 2.45) is 5.73 Å². The van der Waals surface area contributed by atoms with Crippen molar-refractivity contribution < 1.29 is 39.3 Å². The number of aromatic nitrogens is 2. The van der Waals surface area contributed by atoms with Crippen LogP contribution in [0.5, 0.6) is 0 Å². The van der Waals surface area contributed by atoms with Crippen LogP contribution in [0.1, 0.15) is 25.5 Å². The molecule has 1 aromatic heterocycles. The second kappa shape index (κ2) is 12.2. The third kappa shape index (κ3) is 8.79. The van der Waals surface area contributed by atoms with E-state index < -0.39 is 60.4 Å². The van der Waals surface area contributed by atoms with Gasteiger partial charge in [-0.15, -0.1) is 0 Å². The molecule has 0 aromatic carbocycles. The topological polar surface area (TPSA) is 237 Å². The van der Waals surface area contributed by atoms with Gasteiger partial charge in [-0.1, -0.05) is 0 Å². The average Bonchev–Trinajstić information content (AvgIpc) is 3.22. The third-order valence-corrected chi connectivity index (χ3v) is 4.17. The quantitative estimate of drug-likeness (QED) is 0.151. The summed E-state index contributed by atoms with van der Waals surface area (Å²) in [6, 6.07) is -5.13. The van der Waals surface area contributed by atoms with E-state index in [9.17, 15) is 34.2 Å². The Balaban J connectivity index is 2.62. The molecule has 0 saturated heterocycles. The summed E-state index contributed by atoms with van der Waals surface area (Å²) in [6.45, 7) is 0.479. The highest BCUT2D eigenvalue weighted by molar-refractivity contribution is 5.94. The number of aliphatic hydroxyl groups is 1. The Bertz CT molecular complexity index is 784. The van der Waals surface area contributed by atoms with Gasteiger partial charge in [0.2, 0.25) is 17.7 Å². The molecule has 9 N–H and O–H groups in total. The number of hydrogen-bond acceptors (Lipinski definition) is 8. The molecule has 1 rings (SSSR count). The van der Waals surface area contributed by atoms with Crippen LogP contribution in [0.15, 0.2) is 12.5 Å². The number of aromatic amines is 1. The summed E-state index contributed by atoms with van der Waals surface area (Å²) in [7, 11) is 0. The van der Waals surface area contributed by atoms with Gasteiger partial charge in [-0.05, 0) is 13.3 Å². The fraction of sp³-hybridized carbons (Fsp3) is 0.529. The van der Waals surface area contributed by atoms with Gasteiger partial charge in [-0.3, -0.25) is 19.2 Å². The van der Waals surface area contributed by atoms with Crippen molar-refractivity contribution in [2.75, 3.05) is 6.61 Å². The van der Waals surface area contributed by atoms with Crippen LogP contribution < -0.4 is 21.7 Å². The number of hydrogen-bond donors (Lipinski definition) is 8. The Labute approximate surface area is 176 Å². The zero-order valence-corrected chi connectivity index (χ0v) is 16.7. The Morgan fingerprint density at radius 1 is 1.06 bits per heavy atom. The van der Waals surface area contributed by atoms with Crippen LogP contribution >= 0.6 is 0 Å². The molecule has 0 spiro atoms. The van der Waals surface area contributed by atoms with E-state index in [1.54, 1.807) is 0 Å². The molecule has 1 aromatic rings. The molecule has 0 saturated carbocycles. The first-order valence-corrected chi connectivity index (χ1v) is 9.24. The Kier molecular flexibility index (Phi) is 10.1. The van der Waals surface area contributed by atoms with E-state index in [2.05, 4.69) is 25.9 Å². The van der Waals surface area contributed by atoms with E-state index in [-0.39, 0.29) is 19.3 Å². The number of amides is 3. The minimum absolute atomic E-state index is 0.0642. The first-order chi connectivity index (χ1) is 14.5. The number of carbonyl (C=O) groups is 5. The molecule has 4 unspecified atom stereocenters. The second-order valence-electron chi connectivity index (χ2n) is 6.69. The smallest absolute Gasteiger partial charge is 0.326 e. The van der Waals surface area contributed by atoms with Crippen molar-refractivity contribution in [2.45, 2.75) is 50.4 Å². The molecule has 0 aliphatic heterocycles. The van der Waals surface area contributed by atoms with E-state index in [0.717, 1.165) is 0 Å². The van der Waals surface area contributed by atoms with E-state index in [0.29, 0.717) is 5.69 Å².